The molecular weight excluding hydrogens is 517 g/mol. The lowest BCUT2D eigenvalue weighted by Gasteiger charge is -2.29. The molecule has 6 rings (SSSR count). The number of nitrogens with one attached hydrogen (secondary N) is 1. The lowest BCUT2D eigenvalue weighted by atomic mass is 10.0. The van der Waals surface area contributed by atoms with Crippen molar-refractivity contribution in [3.63, 3.8) is 0 Å². The van der Waals surface area contributed by atoms with E-state index in [0.29, 0.717) is 16.5 Å². The van der Waals surface area contributed by atoms with Gasteiger partial charge in [-0.05, 0) is 54.8 Å². The van der Waals surface area contributed by atoms with Crippen LogP contribution in [0.4, 0.5) is 10.1 Å². The van der Waals surface area contributed by atoms with Gasteiger partial charge in [-0.2, -0.15) is 0 Å². The number of benzene rings is 2. The molecule has 0 aliphatic carbocycles. The van der Waals surface area contributed by atoms with E-state index >= 15 is 0 Å². The monoisotopic (exact) mass is 547 g/mol. The fourth-order valence-corrected chi connectivity index (χ4v) is 5.20. The van der Waals surface area contributed by atoms with Gasteiger partial charge in [0.05, 0.1) is 35.9 Å². The van der Waals surface area contributed by atoms with Crippen LogP contribution in [0.3, 0.4) is 0 Å². The summed E-state index contributed by atoms with van der Waals surface area (Å²) in [5.74, 6) is 1.15. The molecule has 39 heavy (non-hydrogen) atoms. The number of anilines is 1. The van der Waals surface area contributed by atoms with Gasteiger partial charge in [0, 0.05) is 49.1 Å². The van der Waals surface area contributed by atoms with Crippen LogP contribution in [-0.2, 0) is 24.4 Å². The number of fused-ring (bicyclic) bond motifs is 1. The zero-order chi connectivity index (χ0) is 26.8. The van der Waals surface area contributed by atoms with Crippen molar-refractivity contribution < 1.29 is 13.9 Å². The molecule has 1 fully saturated rings. The summed E-state index contributed by atoms with van der Waals surface area (Å²) in [6, 6.07) is 16.6. The topological polar surface area (TPSA) is 64.4 Å². The van der Waals surface area contributed by atoms with Gasteiger partial charge < -0.3 is 19.4 Å². The van der Waals surface area contributed by atoms with Crippen molar-refractivity contribution in [2.24, 2.45) is 0 Å². The summed E-state index contributed by atoms with van der Waals surface area (Å²) >= 11 is 5.85. The van der Waals surface area contributed by atoms with Crippen LogP contribution in [0.25, 0.3) is 16.6 Å². The van der Waals surface area contributed by atoms with Crippen LogP contribution in [0.5, 0.6) is 5.88 Å². The van der Waals surface area contributed by atoms with E-state index in [1.54, 1.807) is 18.2 Å². The fourth-order valence-electron chi connectivity index (χ4n) is 5.04. The molecule has 1 saturated heterocycles. The Morgan fingerprint density at radius 3 is 2.79 bits per heavy atom. The number of hydrogen-bond acceptors (Lipinski definition) is 6. The molecule has 0 bridgehead atoms. The Morgan fingerprint density at radius 1 is 1.15 bits per heavy atom. The first-order valence-corrected chi connectivity index (χ1v) is 13.7. The standard InChI is InChI=1S/C30H31ClFN5O2/c1-33-23-7-8-27-28(16-23)37(17-24-11-14-38-24)29(34-27)18-36-12-9-20(10-13-36)26-3-2-4-30(35-26)39-19-21-5-6-22(31)15-25(21)32/h2-9,15-16,24,33H,10-14,17-19H2,1H3. The molecular formula is C30H31ClFN5O2. The molecule has 7 nitrogen and oxygen atoms in total. The van der Waals surface area contributed by atoms with Crippen LogP contribution >= 0.6 is 11.6 Å². The number of aromatic nitrogens is 3. The van der Waals surface area contributed by atoms with Crippen LogP contribution in [0.2, 0.25) is 5.02 Å². The number of imidazole rings is 1. The first-order chi connectivity index (χ1) is 19.1. The number of ether oxygens (including phenoxy) is 2. The minimum Gasteiger partial charge on any atom is -0.473 e. The molecule has 2 aliphatic heterocycles. The maximum absolute atomic E-state index is 14.1. The highest BCUT2D eigenvalue weighted by Gasteiger charge is 2.23. The average molecular weight is 548 g/mol. The predicted octanol–water partition coefficient (Wildman–Crippen LogP) is 5.92. The van der Waals surface area contributed by atoms with Gasteiger partial charge in [0.2, 0.25) is 5.88 Å². The van der Waals surface area contributed by atoms with E-state index in [1.807, 2.05) is 19.2 Å². The van der Waals surface area contributed by atoms with Crippen molar-refractivity contribution in [3.05, 3.63) is 88.6 Å². The van der Waals surface area contributed by atoms with E-state index in [0.717, 1.165) is 73.9 Å². The van der Waals surface area contributed by atoms with Crippen LogP contribution in [0.1, 0.15) is 29.9 Å². The third-order valence-corrected chi connectivity index (χ3v) is 7.63. The van der Waals surface area contributed by atoms with Crippen LogP contribution < -0.4 is 10.1 Å². The molecule has 2 aliphatic rings. The summed E-state index contributed by atoms with van der Waals surface area (Å²) in [5, 5.41) is 3.60. The van der Waals surface area contributed by atoms with Gasteiger partial charge in [-0.1, -0.05) is 29.8 Å². The minimum atomic E-state index is -0.384. The third-order valence-electron chi connectivity index (χ3n) is 7.40. The second kappa shape index (κ2) is 11.3. The fraction of sp³-hybridized carbons (Fsp3) is 0.333. The molecule has 0 saturated carbocycles. The molecule has 2 aromatic carbocycles. The maximum atomic E-state index is 14.1. The quantitative estimate of drug-likeness (QED) is 0.280. The SMILES string of the molecule is CNc1ccc2nc(CN3CC=C(c4cccc(OCc5ccc(Cl)cc5F)n4)CC3)n(CC3CCO3)c2c1. The molecule has 0 spiro atoms. The van der Waals surface area contributed by atoms with Gasteiger partial charge in [-0.25, -0.2) is 14.4 Å². The van der Waals surface area contributed by atoms with Gasteiger partial charge in [-0.3, -0.25) is 4.90 Å². The molecule has 1 atom stereocenters. The largest absolute Gasteiger partial charge is 0.473 e. The molecule has 9 heteroatoms. The Labute approximate surface area is 232 Å². The van der Waals surface area contributed by atoms with E-state index < -0.39 is 0 Å². The number of hydrogen-bond donors (Lipinski definition) is 1. The highest BCUT2D eigenvalue weighted by molar-refractivity contribution is 6.30. The first-order valence-electron chi connectivity index (χ1n) is 13.3. The zero-order valence-corrected chi connectivity index (χ0v) is 22.6. The summed E-state index contributed by atoms with van der Waals surface area (Å²) in [6.45, 7) is 4.23. The molecule has 0 amide bonds. The number of halogens is 2. The van der Waals surface area contributed by atoms with Crippen LogP contribution in [0, 0.1) is 5.82 Å². The lowest BCUT2D eigenvalue weighted by Crippen LogP contribution is -2.33. The van der Waals surface area contributed by atoms with E-state index in [9.17, 15) is 4.39 Å². The Kier molecular flexibility index (Phi) is 7.50. The van der Waals surface area contributed by atoms with E-state index in [-0.39, 0.29) is 18.5 Å². The number of pyridine rings is 1. The zero-order valence-electron chi connectivity index (χ0n) is 21.9. The predicted molar refractivity (Wildman–Crippen MR) is 151 cm³/mol. The summed E-state index contributed by atoms with van der Waals surface area (Å²) in [5.41, 5.74) is 5.74. The van der Waals surface area contributed by atoms with Gasteiger partial charge in [0.25, 0.3) is 0 Å². The van der Waals surface area contributed by atoms with Crippen molar-refractivity contribution in [2.45, 2.75) is 38.6 Å². The van der Waals surface area contributed by atoms with E-state index in [2.05, 4.69) is 44.0 Å². The lowest BCUT2D eigenvalue weighted by molar-refractivity contribution is -0.0591. The number of nitrogens with zero attached hydrogens (tertiary/aromatic N) is 4. The molecule has 202 valence electrons. The molecule has 0 radical (unpaired) electrons. The molecule has 1 N–H and O–H groups in total. The smallest absolute Gasteiger partial charge is 0.214 e. The van der Waals surface area contributed by atoms with E-state index in [4.69, 9.17) is 26.1 Å². The molecule has 4 aromatic rings. The first kappa shape index (κ1) is 25.8. The van der Waals surface area contributed by atoms with Crippen molar-refractivity contribution in [3.8, 4) is 5.88 Å². The normalized spacial score (nSPS) is 17.6. The van der Waals surface area contributed by atoms with Gasteiger partial charge in [0.15, 0.2) is 0 Å². The van der Waals surface area contributed by atoms with Crippen molar-refractivity contribution >= 4 is 33.9 Å². The molecule has 4 heterocycles. The van der Waals surface area contributed by atoms with Gasteiger partial charge in [-0.15, -0.1) is 0 Å². The average Bonchev–Trinajstić information content (AvgIpc) is 3.26. The summed E-state index contributed by atoms with van der Waals surface area (Å²) in [6.07, 6.45) is 4.45. The van der Waals surface area contributed by atoms with Crippen LogP contribution in [0.15, 0.2) is 60.7 Å². The summed E-state index contributed by atoms with van der Waals surface area (Å²) < 4.78 is 28.0. The molecule has 2 aromatic heterocycles. The maximum Gasteiger partial charge on any atom is 0.214 e. The van der Waals surface area contributed by atoms with Crippen molar-refractivity contribution in [1.29, 1.82) is 0 Å². The Hall–Kier alpha value is -3.46. The summed E-state index contributed by atoms with van der Waals surface area (Å²) in [7, 11) is 1.94. The Balaban J connectivity index is 1.14. The van der Waals surface area contributed by atoms with Crippen molar-refractivity contribution in [1.82, 2.24) is 19.4 Å². The Bertz CT molecular complexity index is 1520. The Morgan fingerprint density at radius 2 is 2.05 bits per heavy atom. The second-order valence-electron chi connectivity index (χ2n) is 9.97. The highest BCUT2D eigenvalue weighted by atomic mass is 35.5. The van der Waals surface area contributed by atoms with Crippen LogP contribution in [-0.4, -0.2) is 52.3 Å². The minimum absolute atomic E-state index is 0.0923. The van der Waals surface area contributed by atoms with E-state index in [1.165, 1.54) is 11.6 Å². The highest BCUT2D eigenvalue weighted by Crippen LogP contribution is 2.27. The second-order valence-corrected chi connectivity index (χ2v) is 10.4. The summed E-state index contributed by atoms with van der Waals surface area (Å²) in [4.78, 5) is 12.1. The van der Waals surface area contributed by atoms with Gasteiger partial charge >= 0.3 is 0 Å². The molecule has 1 unspecified atom stereocenters. The third kappa shape index (κ3) is 5.78. The van der Waals surface area contributed by atoms with Crippen molar-refractivity contribution in [2.75, 3.05) is 32.1 Å². The van der Waals surface area contributed by atoms with Gasteiger partial charge in [0.1, 0.15) is 18.2 Å². The number of rotatable bonds is 9.